The highest BCUT2D eigenvalue weighted by atomic mass is 16.5. The summed E-state index contributed by atoms with van der Waals surface area (Å²) in [5, 5.41) is 0. The number of carbonyl (C=O) groups is 2. The molecular formula is C21H25N5O3. The van der Waals surface area contributed by atoms with Crippen LogP contribution in [0.2, 0.25) is 0 Å². The average molecular weight is 395 g/mol. The molecule has 2 fully saturated rings. The highest BCUT2D eigenvalue weighted by Gasteiger charge is 2.39. The van der Waals surface area contributed by atoms with Gasteiger partial charge in [-0.15, -0.1) is 0 Å². The summed E-state index contributed by atoms with van der Waals surface area (Å²) in [6.07, 6.45) is 3.67. The quantitative estimate of drug-likeness (QED) is 0.781. The second-order valence-corrected chi connectivity index (χ2v) is 7.44. The molecule has 0 bridgehead atoms. The Balaban J connectivity index is 1.41. The number of hydrogen-bond acceptors (Lipinski definition) is 6. The number of rotatable bonds is 4. The van der Waals surface area contributed by atoms with E-state index in [-0.39, 0.29) is 24.2 Å². The van der Waals surface area contributed by atoms with E-state index in [0.717, 1.165) is 11.3 Å². The highest BCUT2D eigenvalue weighted by Crippen LogP contribution is 2.34. The summed E-state index contributed by atoms with van der Waals surface area (Å²) in [5.41, 5.74) is 1.78. The van der Waals surface area contributed by atoms with Gasteiger partial charge < -0.3 is 19.4 Å². The molecule has 29 heavy (non-hydrogen) atoms. The molecule has 4 rings (SSSR count). The second-order valence-electron chi connectivity index (χ2n) is 7.44. The van der Waals surface area contributed by atoms with Crippen molar-refractivity contribution in [2.24, 2.45) is 5.92 Å². The van der Waals surface area contributed by atoms with E-state index < -0.39 is 0 Å². The third-order valence-electron chi connectivity index (χ3n) is 5.53. The van der Waals surface area contributed by atoms with Gasteiger partial charge in [-0.3, -0.25) is 9.59 Å². The predicted octanol–water partition coefficient (Wildman–Crippen LogP) is 1.50. The number of ether oxygens (including phenoxy) is 1. The fourth-order valence-corrected chi connectivity index (χ4v) is 3.96. The molecular weight excluding hydrogens is 370 g/mol. The third-order valence-corrected chi connectivity index (χ3v) is 5.53. The summed E-state index contributed by atoms with van der Waals surface area (Å²) < 4.78 is 5.42. The standard InChI is InChI=1S/C21H25N5O3/c1-15-4-5-18(29-2)17(12-15)26-14-16(13-19(26)27)20(28)24-8-10-25(11-9-24)21-22-6-3-7-23-21/h3-7,12,16H,8-11,13-14H2,1-2H3/t16-/m0/s1. The molecule has 0 aliphatic carbocycles. The minimum absolute atomic E-state index is 0.0384. The van der Waals surface area contributed by atoms with Gasteiger partial charge in [-0.25, -0.2) is 9.97 Å². The van der Waals surface area contributed by atoms with Crippen LogP contribution in [0.4, 0.5) is 11.6 Å². The minimum atomic E-state index is -0.327. The van der Waals surface area contributed by atoms with Crippen LogP contribution < -0.4 is 14.5 Å². The lowest BCUT2D eigenvalue weighted by Gasteiger charge is -2.35. The normalized spacial score (nSPS) is 19.6. The molecule has 2 aliphatic heterocycles. The molecule has 8 heteroatoms. The number of amides is 2. The van der Waals surface area contributed by atoms with E-state index in [1.54, 1.807) is 30.5 Å². The number of methoxy groups -OCH3 is 1. The zero-order valence-corrected chi connectivity index (χ0v) is 16.7. The Morgan fingerprint density at radius 2 is 1.86 bits per heavy atom. The first kappa shape index (κ1) is 19.2. The smallest absolute Gasteiger partial charge is 0.228 e. The van der Waals surface area contributed by atoms with Gasteiger partial charge >= 0.3 is 0 Å². The number of anilines is 2. The number of nitrogens with zero attached hydrogens (tertiary/aromatic N) is 5. The van der Waals surface area contributed by atoms with Gasteiger partial charge in [-0.05, 0) is 30.7 Å². The summed E-state index contributed by atoms with van der Waals surface area (Å²) in [6, 6.07) is 7.52. The van der Waals surface area contributed by atoms with Crippen LogP contribution in [0.5, 0.6) is 5.75 Å². The van der Waals surface area contributed by atoms with Crippen LogP contribution in [0.15, 0.2) is 36.7 Å². The molecule has 1 atom stereocenters. The van der Waals surface area contributed by atoms with E-state index in [2.05, 4.69) is 14.9 Å². The van der Waals surface area contributed by atoms with E-state index >= 15 is 0 Å². The van der Waals surface area contributed by atoms with Gasteiger partial charge in [-0.1, -0.05) is 6.07 Å². The van der Waals surface area contributed by atoms with Crippen molar-refractivity contribution in [3.8, 4) is 5.75 Å². The zero-order valence-electron chi connectivity index (χ0n) is 16.7. The largest absolute Gasteiger partial charge is 0.495 e. The van der Waals surface area contributed by atoms with Crippen LogP contribution >= 0.6 is 0 Å². The molecule has 2 aliphatic rings. The first-order valence-corrected chi connectivity index (χ1v) is 9.82. The van der Waals surface area contributed by atoms with Crippen LogP contribution in [-0.2, 0) is 9.59 Å². The summed E-state index contributed by atoms with van der Waals surface area (Å²) in [7, 11) is 1.59. The number of aryl methyl sites for hydroxylation is 1. The molecule has 8 nitrogen and oxygen atoms in total. The number of piperazine rings is 1. The van der Waals surface area contributed by atoms with E-state index in [4.69, 9.17) is 4.74 Å². The zero-order chi connectivity index (χ0) is 20.4. The fraction of sp³-hybridized carbons (Fsp3) is 0.429. The monoisotopic (exact) mass is 395 g/mol. The van der Waals surface area contributed by atoms with Crippen molar-refractivity contribution in [1.82, 2.24) is 14.9 Å². The van der Waals surface area contributed by atoms with Gasteiger partial charge in [0, 0.05) is 51.5 Å². The maximum atomic E-state index is 13.1. The van der Waals surface area contributed by atoms with Crippen LogP contribution in [0.3, 0.4) is 0 Å². The van der Waals surface area contributed by atoms with Crippen molar-refractivity contribution < 1.29 is 14.3 Å². The Morgan fingerprint density at radius 1 is 1.14 bits per heavy atom. The van der Waals surface area contributed by atoms with Crippen LogP contribution in [0, 0.1) is 12.8 Å². The Bertz CT molecular complexity index is 896. The van der Waals surface area contributed by atoms with Gasteiger partial charge in [0.05, 0.1) is 18.7 Å². The lowest BCUT2D eigenvalue weighted by atomic mass is 10.1. The number of aromatic nitrogens is 2. The Labute approximate surface area is 170 Å². The van der Waals surface area contributed by atoms with Crippen molar-refractivity contribution >= 4 is 23.5 Å². The Morgan fingerprint density at radius 3 is 2.55 bits per heavy atom. The topological polar surface area (TPSA) is 78.9 Å². The maximum Gasteiger partial charge on any atom is 0.228 e. The first-order chi connectivity index (χ1) is 14.1. The SMILES string of the molecule is COc1ccc(C)cc1N1C[C@@H](C(=O)N2CCN(c3ncccn3)CC2)CC1=O. The first-order valence-electron chi connectivity index (χ1n) is 9.82. The average Bonchev–Trinajstić information content (AvgIpc) is 3.15. The van der Waals surface area contributed by atoms with Crippen molar-refractivity contribution in [2.45, 2.75) is 13.3 Å². The molecule has 152 valence electrons. The van der Waals surface area contributed by atoms with Gasteiger partial charge in [0.2, 0.25) is 17.8 Å². The van der Waals surface area contributed by atoms with Crippen LogP contribution in [-0.4, -0.2) is 66.5 Å². The van der Waals surface area contributed by atoms with Crippen molar-refractivity contribution in [3.05, 3.63) is 42.2 Å². The van der Waals surface area contributed by atoms with Gasteiger partial charge in [0.1, 0.15) is 5.75 Å². The maximum absolute atomic E-state index is 13.1. The molecule has 2 amide bonds. The number of carbonyl (C=O) groups excluding carboxylic acids is 2. The summed E-state index contributed by atoms with van der Waals surface area (Å²) >= 11 is 0. The number of hydrogen-bond donors (Lipinski definition) is 0. The van der Waals surface area contributed by atoms with Crippen LogP contribution in [0.1, 0.15) is 12.0 Å². The lowest BCUT2D eigenvalue weighted by molar-refractivity contribution is -0.136. The minimum Gasteiger partial charge on any atom is -0.495 e. The molecule has 1 aromatic heterocycles. The molecule has 3 heterocycles. The molecule has 0 saturated carbocycles. The summed E-state index contributed by atoms with van der Waals surface area (Å²) in [4.78, 5) is 39.9. The molecule has 0 N–H and O–H groups in total. The molecule has 2 aromatic rings. The van der Waals surface area contributed by atoms with E-state index in [1.807, 2.05) is 30.0 Å². The van der Waals surface area contributed by atoms with E-state index in [1.165, 1.54) is 0 Å². The predicted molar refractivity (Wildman–Crippen MR) is 109 cm³/mol. The molecule has 2 saturated heterocycles. The van der Waals surface area contributed by atoms with Gasteiger partial charge in [-0.2, -0.15) is 0 Å². The molecule has 1 aromatic carbocycles. The summed E-state index contributed by atoms with van der Waals surface area (Å²) in [6.45, 7) is 4.95. The highest BCUT2D eigenvalue weighted by molar-refractivity contribution is 6.01. The molecule has 0 spiro atoms. The van der Waals surface area contributed by atoms with Crippen LogP contribution in [0.25, 0.3) is 0 Å². The lowest BCUT2D eigenvalue weighted by Crippen LogP contribution is -2.51. The second kappa shape index (κ2) is 8.06. The van der Waals surface area contributed by atoms with E-state index in [9.17, 15) is 9.59 Å². The van der Waals surface area contributed by atoms with Crippen molar-refractivity contribution in [1.29, 1.82) is 0 Å². The third kappa shape index (κ3) is 3.87. The Kier molecular flexibility index (Phi) is 5.33. The van der Waals surface area contributed by atoms with Crippen molar-refractivity contribution in [2.75, 3.05) is 49.6 Å². The molecule has 0 unspecified atom stereocenters. The van der Waals surface area contributed by atoms with Crippen molar-refractivity contribution in [3.63, 3.8) is 0 Å². The van der Waals surface area contributed by atoms with Gasteiger partial charge in [0.15, 0.2) is 0 Å². The number of benzene rings is 1. The van der Waals surface area contributed by atoms with E-state index in [0.29, 0.717) is 44.4 Å². The van der Waals surface area contributed by atoms with Gasteiger partial charge in [0.25, 0.3) is 0 Å². The Hall–Kier alpha value is -3.16. The molecule has 0 radical (unpaired) electrons. The summed E-state index contributed by atoms with van der Waals surface area (Å²) in [5.74, 6) is 1.01. The fourth-order valence-electron chi connectivity index (χ4n) is 3.96.